The van der Waals surface area contributed by atoms with Gasteiger partial charge in [0, 0.05) is 29.7 Å². The molecule has 2 heterocycles. The predicted molar refractivity (Wildman–Crippen MR) is 96.9 cm³/mol. The molecule has 0 aliphatic carbocycles. The summed E-state index contributed by atoms with van der Waals surface area (Å²) < 4.78 is 0. The molecule has 3 aromatic rings. The van der Waals surface area contributed by atoms with E-state index in [1.807, 2.05) is 49.4 Å². The second-order valence-corrected chi connectivity index (χ2v) is 6.44. The third-order valence-electron chi connectivity index (χ3n) is 4.67. The molecule has 1 fully saturated rings. The Hall–Kier alpha value is -3.19. The van der Waals surface area contributed by atoms with Crippen LogP contribution in [-0.2, 0) is 0 Å². The summed E-state index contributed by atoms with van der Waals surface area (Å²) in [6.45, 7) is 3.05. The van der Waals surface area contributed by atoms with Crippen LogP contribution in [0.15, 0.2) is 54.6 Å². The Morgan fingerprint density at radius 3 is 2.60 bits per heavy atom. The molecule has 0 spiro atoms. The summed E-state index contributed by atoms with van der Waals surface area (Å²) in [5, 5.41) is 9.93. The fourth-order valence-electron chi connectivity index (χ4n) is 3.21. The van der Waals surface area contributed by atoms with Crippen molar-refractivity contribution in [2.75, 3.05) is 13.1 Å². The SMILES string of the molecule is Cc1ccc2c(-c3ccc(C(=O)N4CC(C#N)C4)cc3)cccc2n1. The Balaban J connectivity index is 1.63. The van der Waals surface area contributed by atoms with E-state index in [9.17, 15) is 4.79 Å². The molecule has 4 heteroatoms. The number of nitriles is 1. The molecule has 1 aliphatic heterocycles. The van der Waals surface area contributed by atoms with Crippen LogP contribution in [0.2, 0.25) is 0 Å². The standard InChI is InChI=1S/C21H17N3O/c1-14-5-10-19-18(3-2-4-20(19)23-14)16-6-8-17(9-7-16)21(25)24-12-15(11-22)13-24/h2-10,15H,12-13H2,1H3. The fourth-order valence-corrected chi connectivity index (χ4v) is 3.21. The molecule has 1 amide bonds. The highest BCUT2D eigenvalue weighted by Crippen LogP contribution is 2.28. The molecule has 0 unspecified atom stereocenters. The molecule has 1 aromatic heterocycles. The first-order chi connectivity index (χ1) is 12.2. The Kier molecular flexibility index (Phi) is 3.70. The minimum atomic E-state index is -0.0186. The van der Waals surface area contributed by atoms with Gasteiger partial charge in [-0.1, -0.05) is 30.3 Å². The third kappa shape index (κ3) is 2.74. The number of nitrogens with zero attached hydrogens (tertiary/aromatic N) is 3. The van der Waals surface area contributed by atoms with Crippen molar-refractivity contribution >= 4 is 16.8 Å². The first-order valence-electron chi connectivity index (χ1n) is 8.31. The molecule has 0 saturated carbocycles. The molecule has 1 saturated heterocycles. The Morgan fingerprint density at radius 1 is 1.12 bits per heavy atom. The van der Waals surface area contributed by atoms with E-state index in [4.69, 9.17) is 5.26 Å². The Morgan fingerprint density at radius 2 is 1.88 bits per heavy atom. The van der Waals surface area contributed by atoms with Gasteiger partial charge < -0.3 is 4.90 Å². The van der Waals surface area contributed by atoms with E-state index in [-0.39, 0.29) is 11.8 Å². The Bertz CT molecular complexity index is 996. The van der Waals surface area contributed by atoms with Crippen LogP contribution in [0, 0.1) is 24.2 Å². The summed E-state index contributed by atoms with van der Waals surface area (Å²) in [6, 6.07) is 20.1. The van der Waals surface area contributed by atoms with Crippen LogP contribution in [0.4, 0.5) is 0 Å². The Labute approximate surface area is 146 Å². The molecule has 0 N–H and O–H groups in total. The molecular formula is C21H17N3O. The predicted octanol–water partition coefficient (Wildman–Crippen LogP) is 3.81. The van der Waals surface area contributed by atoms with Crippen molar-refractivity contribution in [1.82, 2.24) is 9.88 Å². The molecule has 4 rings (SSSR count). The first kappa shape index (κ1) is 15.3. The van der Waals surface area contributed by atoms with Crippen molar-refractivity contribution in [2.24, 2.45) is 5.92 Å². The highest BCUT2D eigenvalue weighted by atomic mass is 16.2. The van der Waals surface area contributed by atoms with Crippen LogP contribution in [0.5, 0.6) is 0 Å². The summed E-state index contributed by atoms with van der Waals surface area (Å²) >= 11 is 0. The maximum absolute atomic E-state index is 12.4. The number of carbonyl (C=O) groups excluding carboxylic acids is 1. The zero-order chi connectivity index (χ0) is 17.4. The minimum Gasteiger partial charge on any atom is -0.336 e. The third-order valence-corrected chi connectivity index (χ3v) is 4.67. The van der Waals surface area contributed by atoms with Crippen molar-refractivity contribution in [3.63, 3.8) is 0 Å². The second kappa shape index (κ2) is 6.03. The summed E-state index contributed by atoms with van der Waals surface area (Å²) in [5.41, 5.74) is 4.80. The minimum absolute atomic E-state index is 0.00624. The number of rotatable bonds is 2. The van der Waals surface area contributed by atoms with E-state index >= 15 is 0 Å². The number of carbonyl (C=O) groups is 1. The molecular weight excluding hydrogens is 310 g/mol. The zero-order valence-electron chi connectivity index (χ0n) is 13.9. The van der Waals surface area contributed by atoms with Crippen LogP contribution < -0.4 is 0 Å². The number of aromatic nitrogens is 1. The van der Waals surface area contributed by atoms with Gasteiger partial charge in [-0.2, -0.15) is 5.26 Å². The van der Waals surface area contributed by atoms with Crippen LogP contribution in [0.25, 0.3) is 22.0 Å². The van der Waals surface area contributed by atoms with E-state index in [1.54, 1.807) is 4.90 Å². The number of hydrogen-bond donors (Lipinski definition) is 0. The van der Waals surface area contributed by atoms with E-state index in [0.29, 0.717) is 18.7 Å². The second-order valence-electron chi connectivity index (χ2n) is 6.44. The zero-order valence-corrected chi connectivity index (χ0v) is 13.9. The highest BCUT2D eigenvalue weighted by Gasteiger charge is 2.30. The fraction of sp³-hybridized carbons (Fsp3) is 0.190. The molecule has 0 bridgehead atoms. The molecule has 2 aromatic carbocycles. The number of aryl methyl sites for hydroxylation is 1. The molecule has 4 nitrogen and oxygen atoms in total. The smallest absolute Gasteiger partial charge is 0.253 e. The van der Waals surface area contributed by atoms with Crippen molar-refractivity contribution in [2.45, 2.75) is 6.92 Å². The van der Waals surface area contributed by atoms with Gasteiger partial charge in [0.15, 0.2) is 0 Å². The van der Waals surface area contributed by atoms with E-state index in [1.165, 1.54) is 0 Å². The lowest BCUT2D eigenvalue weighted by molar-refractivity contribution is 0.0577. The lowest BCUT2D eigenvalue weighted by Crippen LogP contribution is -2.49. The van der Waals surface area contributed by atoms with Gasteiger partial charge in [0.05, 0.1) is 17.5 Å². The normalized spacial score (nSPS) is 14.2. The number of pyridine rings is 1. The van der Waals surface area contributed by atoms with Crippen LogP contribution in [0.3, 0.4) is 0 Å². The monoisotopic (exact) mass is 327 g/mol. The molecule has 1 aliphatic rings. The van der Waals surface area contributed by atoms with Gasteiger partial charge in [0.25, 0.3) is 5.91 Å². The van der Waals surface area contributed by atoms with Gasteiger partial charge in [0.2, 0.25) is 0 Å². The number of likely N-dealkylation sites (tertiary alicyclic amines) is 1. The molecule has 0 radical (unpaired) electrons. The summed E-state index contributed by atoms with van der Waals surface area (Å²) in [5.74, 6) is -0.0249. The number of benzene rings is 2. The van der Waals surface area contributed by atoms with Gasteiger partial charge in [-0.25, -0.2) is 0 Å². The number of amides is 1. The van der Waals surface area contributed by atoms with Crippen molar-refractivity contribution in [1.29, 1.82) is 5.26 Å². The lowest BCUT2D eigenvalue weighted by atomic mass is 9.97. The maximum Gasteiger partial charge on any atom is 0.253 e. The molecule has 25 heavy (non-hydrogen) atoms. The number of hydrogen-bond acceptors (Lipinski definition) is 3. The van der Waals surface area contributed by atoms with Gasteiger partial charge >= 0.3 is 0 Å². The maximum atomic E-state index is 12.4. The summed E-state index contributed by atoms with van der Waals surface area (Å²) in [4.78, 5) is 18.7. The summed E-state index contributed by atoms with van der Waals surface area (Å²) in [6.07, 6.45) is 0. The largest absolute Gasteiger partial charge is 0.336 e. The lowest BCUT2D eigenvalue weighted by Gasteiger charge is -2.35. The average Bonchev–Trinajstić information content (AvgIpc) is 2.60. The quantitative estimate of drug-likeness (QED) is 0.719. The van der Waals surface area contributed by atoms with E-state index < -0.39 is 0 Å². The molecule has 0 atom stereocenters. The van der Waals surface area contributed by atoms with E-state index in [2.05, 4.69) is 23.2 Å². The molecule has 122 valence electrons. The van der Waals surface area contributed by atoms with Gasteiger partial charge in [-0.05, 0) is 42.3 Å². The van der Waals surface area contributed by atoms with Gasteiger partial charge in [0.1, 0.15) is 0 Å². The average molecular weight is 327 g/mol. The van der Waals surface area contributed by atoms with Crippen molar-refractivity contribution < 1.29 is 4.79 Å². The van der Waals surface area contributed by atoms with Crippen molar-refractivity contribution in [3.8, 4) is 17.2 Å². The number of fused-ring (bicyclic) bond motifs is 1. The first-order valence-corrected chi connectivity index (χ1v) is 8.31. The van der Waals surface area contributed by atoms with Gasteiger partial charge in [-0.3, -0.25) is 9.78 Å². The van der Waals surface area contributed by atoms with Crippen LogP contribution >= 0.6 is 0 Å². The summed E-state index contributed by atoms with van der Waals surface area (Å²) in [7, 11) is 0. The van der Waals surface area contributed by atoms with Crippen LogP contribution in [-0.4, -0.2) is 28.9 Å². The van der Waals surface area contributed by atoms with Crippen LogP contribution in [0.1, 0.15) is 16.1 Å². The van der Waals surface area contributed by atoms with Gasteiger partial charge in [-0.15, -0.1) is 0 Å². The topological polar surface area (TPSA) is 57.0 Å². The van der Waals surface area contributed by atoms with Crippen molar-refractivity contribution in [3.05, 3.63) is 65.9 Å². The highest BCUT2D eigenvalue weighted by molar-refractivity contribution is 5.97. The van der Waals surface area contributed by atoms with E-state index in [0.717, 1.165) is 27.7 Å².